The van der Waals surface area contributed by atoms with Gasteiger partial charge in [0.25, 0.3) is 11.6 Å². The number of aromatic amines is 1. The molecule has 20 heavy (non-hydrogen) atoms. The molecule has 0 aliphatic heterocycles. The minimum absolute atomic E-state index is 0.127. The van der Waals surface area contributed by atoms with E-state index in [0.717, 1.165) is 5.69 Å². The Morgan fingerprint density at radius 3 is 2.90 bits per heavy atom. The Kier molecular flexibility index (Phi) is 4.46. The minimum atomic E-state index is -0.536. The van der Waals surface area contributed by atoms with Crippen LogP contribution in [0, 0.1) is 10.1 Å². The number of nitrogens with zero attached hydrogens (tertiary/aromatic N) is 2. The van der Waals surface area contributed by atoms with E-state index < -0.39 is 4.92 Å². The number of hydrogen-bond donors (Lipinski definition) is 2. The van der Waals surface area contributed by atoms with E-state index in [1.165, 1.54) is 12.1 Å². The highest BCUT2D eigenvalue weighted by molar-refractivity contribution is 9.10. The second-order valence-electron chi connectivity index (χ2n) is 4.04. The molecule has 104 valence electrons. The molecule has 0 radical (unpaired) electrons. The molecule has 0 saturated heterocycles. The van der Waals surface area contributed by atoms with Gasteiger partial charge in [0.2, 0.25) is 0 Å². The van der Waals surface area contributed by atoms with Crippen molar-refractivity contribution >= 4 is 27.5 Å². The van der Waals surface area contributed by atoms with Crippen LogP contribution in [0.15, 0.2) is 35.2 Å². The number of halogens is 1. The highest BCUT2D eigenvalue weighted by Crippen LogP contribution is 2.21. The van der Waals surface area contributed by atoms with Gasteiger partial charge in [0.05, 0.1) is 11.3 Å². The summed E-state index contributed by atoms with van der Waals surface area (Å²) in [5.74, 6) is -0.353. The van der Waals surface area contributed by atoms with Crippen LogP contribution in [0.2, 0.25) is 0 Å². The molecule has 0 fully saturated rings. The SMILES string of the molecule is O=C(NCCc1cnc[nH]1)c1cc(Br)cc([N+](=O)[O-])c1. The zero-order valence-electron chi connectivity index (χ0n) is 10.3. The van der Waals surface area contributed by atoms with Crippen molar-refractivity contribution in [1.82, 2.24) is 15.3 Å². The van der Waals surface area contributed by atoms with Gasteiger partial charge in [-0.25, -0.2) is 4.98 Å². The Morgan fingerprint density at radius 1 is 1.45 bits per heavy atom. The number of carbonyl (C=O) groups is 1. The Morgan fingerprint density at radius 2 is 2.25 bits per heavy atom. The Labute approximate surface area is 122 Å². The van der Waals surface area contributed by atoms with Gasteiger partial charge in [-0.15, -0.1) is 0 Å². The van der Waals surface area contributed by atoms with Gasteiger partial charge in [-0.1, -0.05) is 15.9 Å². The van der Waals surface area contributed by atoms with Gasteiger partial charge in [0, 0.05) is 47.0 Å². The summed E-state index contributed by atoms with van der Waals surface area (Å²) in [6.07, 6.45) is 3.85. The number of nitro groups is 1. The maximum Gasteiger partial charge on any atom is 0.271 e. The number of carbonyl (C=O) groups excluding carboxylic acids is 1. The summed E-state index contributed by atoms with van der Waals surface area (Å²) < 4.78 is 0.491. The van der Waals surface area contributed by atoms with E-state index >= 15 is 0 Å². The first-order valence-corrected chi connectivity index (χ1v) is 6.56. The number of aromatic nitrogens is 2. The average molecular weight is 339 g/mol. The van der Waals surface area contributed by atoms with Crippen LogP contribution in [0.3, 0.4) is 0 Å². The third-order valence-corrected chi connectivity index (χ3v) is 3.05. The van der Waals surface area contributed by atoms with E-state index in [4.69, 9.17) is 0 Å². The minimum Gasteiger partial charge on any atom is -0.352 e. The molecule has 2 aromatic rings. The maximum absolute atomic E-state index is 11.9. The largest absolute Gasteiger partial charge is 0.352 e. The summed E-state index contributed by atoms with van der Waals surface area (Å²) >= 11 is 3.15. The number of benzene rings is 1. The molecule has 1 aromatic heterocycles. The van der Waals surface area contributed by atoms with E-state index in [1.54, 1.807) is 18.6 Å². The number of H-pyrrole nitrogens is 1. The van der Waals surface area contributed by atoms with Gasteiger partial charge in [-0.05, 0) is 6.07 Å². The maximum atomic E-state index is 11.9. The first-order chi connectivity index (χ1) is 9.56. The van der Waals surface area contributed by atoms with E-state index in [2.05, 4.69) is 31.2 Å². The molecular weight excluding hydrogens is 328 g/mol. The molecule has 2 N–H and O–H groups in total. The second-order valence-corrected chi connectivity index (χ2v) is 4.95. The van der Waals surface area contributed by atoms with Gasteiger partial charge in [0.1, 0.15) is 0 Å². The lowest BCUT2D eigenvalue weighted by Crippen LogP contribution is -2.25. The molecule has 1 heterocycles. The number of hydrogen-bond acceptors (Lipinski definition) is 4. The molecule has 0 aliphatic carbocycles. The number of imidazole rings is 1. The summed E-state index contributed by atoms with van der Waals surface area (Å²) in [6.45, 7) is 0.418. The Balaban J connectivity index is 2.00. The molecule has 0 aliphatic rings. The number of non-ortho nitro benzene ring substituents is 1. The van der Waals surface area contributed by atoms with Crippen molar-refractivity contribution in [2.75, 3.05) is 6.54 Å². The van der Waals surface area contributed by atoms with Gasteiger partial charge >= 0.3 is 0 Å². The molecule has 8 heteroatoms. The zero-order chi connectivity index (χ0) is 14.5. The monoisotopic (exact) mass is 338 g/mol. The number of rotatable bonds is 5. The smallest absolute Gasteiger partial charge is 0.271 e. The molecule has 0 atom stereocenters. The van der Waals surface area contributed by atoms with E-state index in [0.29, 0.717) is 17.4 Å². The highest BCUT2D eigenvalue weighted by Gasteiger charge is 2.13. The summed E-state index contributed by atoms with van der Waals surface area (Å²) in [4.78, 5) is 28.9. The molecule has 0 spiro atoms. The molecular formula is C12H11BrN4O3. The fourth-order valence-electron chi connectivity index (χ4n) is 1.64. The van der Waals surface area contributed by atoms with Crippen molar-refractivity contribution in [3.8, 4) is 0 Å². The third-order valence-electron chi connectivity index (χ3n) is 2.59. The lowest BCUT2D eigenvalue weighted by molar-refractivity contribution is -0.385. The predicted octanol–water partition coefficient (Wildman–Crippen LogP) is 2.05. The molecule has 0 bridgehead atoms. The predicted molar refractivity (Wildman–Crippen MR) is 75.4 cm³/mol. The van der Waals surface area contributed by atoms with Crippen molar-refractivity contribution < 1.29 is 9.72 Å². The third kappa shape index (κ3) is 3.64. The van der Waals surface area contributed by atoms with Crippen molar-refractivity contribution in [2.45, 2.75) is 6.42 Å². The van der Waals surface area contributed by atoms with Crippen LogP contribution in [0.1, 0.15) is 16.1 Å². The van der Waals surface area contributed by atoms with Crippen molar-refractivity contribution in [3.05, 3.63) is 56.6 Å². The summed E-state index contributed by atoms with van der Waals surface area (Å²) in [5.41, 5.74) is 1.03. The van der Waals surface area contributed by atoms with Gasteiger partial charge < -0.3 is 10.3 Å². The van der Waals surface area contributed by atoms with Crippen molar-refractivity contribution in [1.29, 1.82) is 0 Å². The van der Waals surface area contributed by atoms with Crippen molar-refractivity contribution in [3.63, 3.8) is 0 Å². The van der Waals surface area contributed by atoms with Crippen molar-refractivity contribution in [2.24, 2.45) is 0 Å². The summed E-state index contributed by atoms with van der Waals surface area (Å²) in [6, 6.07) is 4.14. The number of nitrogens with one attached hydrogen (secondary N) is 2. The van der Waals surface area contributed by atoms with Crippen LogP contribution in [0.4, 0.5) is 5.69 Å². The Bertz CT molecular complexity index is 628. The topological polar surface area (TPSA) is 101 Å². The van der Waals surface area contributed by atoms with Gasteiger partial charge in [-0.2, -0.15) is 0 Å². The van der Waals surface area contributed by atoms with E-state index in [1.807, 2.05) is 0 Å². The fraction of sp³-hybridized carbons (Fsp3) is 0.167. The lowest BCUT2D eigenvalue weighted by atomic mass is 10.2. The summed E-state index contributed by atoms with van der Waals surface area (Å²) in [5, 5.41) is 13.4. The molecule has 0 unspecified atom stereocenters. The molecule has 2 rings (SSSR count). The van der Waals surface area contributed by atoms with E-state index in [9.17, 15) is 14.9 Å². The molecule has 1 amide bonds. The van der Waals surface area contributed by atoms with Crippen LogP contribution in [-0.4, -0.2) is 27.3 Å². The zero-order valence-corrected chi connectivity index (χ0v) is 11.9. The standard InChI is InChI=1S/C12H11BrN4O3/c13-9-3-8(4-11(5-9)17(19)20)12(18)15-2-1-10-6-14-7-16-10/h3-7H,1-2H2,(H,14,16)(H,15,18). The Hall–Kier alpha value is -2.22. The number of amides is 1. The van der Waals surface area contributed by atoms with Crippen LogP contribution in [-0.2, 0) is 6.42 Å². The number of nitro benzene ring substituents is 1. The van der Waals surface area contributed by atoms with Gasteiger partial charge in [0.15, 0.2) is 0 Å². The van der Waals surface area contributed by atoms with Crippen LogP contribution < -0.4 is 5.32 Å². The first-order valence-electron chi connectivity index (χ1n) is 5.76. The van der Waals surface area contributed by atoms with Gasteiger partial charge in [-0.3, -0.25) is 14.9 Å². The molecule has 7 nitrogen and oxygen atoms in total. The average Bonchev–Trinajstić information content (AvgIpc) is 2.91. The molecule has 1 aromatic carbocycles. The van der Waals surface area contributed by atoms with Crippen LogP contribution >= 0.6 is 15.9 Å². The normalized spacial score (nSPS) is 10.2. The lowest BCUT2D eigenvalue weighted by Gasteiger charge is -2.05. The van der Waals surface area contributed by atoms with Crippen LogP contribution in [0.5, 0.6) is 0 Å². The van der Waals surface area contributed by atoms with E-state index in [-0.39, 0.29) is 17.2 Å². The molecule has 0 saturated carbocycles. The highest BCUT2D eigenvalue weighted by atomic mass is 79.9. The first kappa shape index (κ1) is 14.2. The van der Waals surface area contributed by atoms with Crippen LogP contribution in [0.25, 0.3) is 0 Å². The summed E-state index contributed by atoms with van der Waals surface area (Å²) in [7, 11) is 0. The quantitative estimate of drug-likeness (QED) is 0.643. The fourth-order valence-corrected chi connectivity index (χ4v) is 2.13. The second kappa shape index (κ2) is 6.29.